The summed E-state index contributed by atoms with van der Waals surface area (Å²) in [7, 11) is -3.81. The van der Waals surface area contributed by atoms with Crippen molar-refractivity contribution in [1.29, 1.82) is 0 Å². The van der Waals surface area contributed by atoms with Gasteiger partial charge in [-0.3, -0.25) is 4.79 Å². The minimum absolute atomic E-state index is 0.0214. The molecule has 1 saturated heterocycles. The molecular weight excluding hydrogens is 515 g/mol. The molecule has 0 N–H and O–H groups in total. The van der Waals surface area contributed by atoms with Gasteiger partial charge in [-0.25, -0.2) is 13.1 Å². The van der Waals surface area contributed by atoms with Crippen molar-refractivity contribution >= 4 is 60.7 Å². The molecule has 0 atom stereocenters. The molecule has 2 aromatic heterocycles. The van der Waals surface area contributed by atoms with Crippen LogP contribution < -0.4 is 0 Å². The lowest BCUT2D eigenvalue weighted by Gasteiger charge is -2.34. The van der Waals surface area contributed by atoms with Crippen molar-refractivity contribution in [2.24, 2.45) is 0 Å². The van der Waals surface area contributed by atoms with Crippen LogP contribution in [0.4, 0.5) is 0 Å². The largest absolute Gasteiger partial charge is 0.335 e. The number of piperazine rings is 1. The van der Waals surface area contributed by atoms with Gasteiger partial charge in [-0.15, -0.1) is 11.3 Å². The van der Waals surface area contributed by atoms with Gasteiger partial charge in [0.2, 0.25) is 10.0 Å². The van der Waals surface area contributed by atoms with Crippen LogP contribution in [0.15, 0.2) is 59.5 Å². The van der Waals surface area contributed by atoms with Crippen LogP contribution in [-0.4, -0.2) is 59.5 Å². The molecule has 176 valence electrons. The number of benzene rings is 2. The maximum Gasteiger partial charge on any atom is 0.264 e. The Balaban J connectivity index is 1.35. The summed E-state index contributed by atoms with van der Waals surface area (Å²) < 4.78 is 29.3. The third-order valence-electron chi connectivity index (χ3n) is 5.79. The topological polar surface area (TPSA) is 75.5 Å². The Morgan fingerprint density at radius 1 is 1.00 bits per heavy atom. The van der Waals surface area contributed by atoms with Gasteiger partial charge >= 0.3 is 0 Å². The number of sulfonamides is 1. The second-order valence-corrected chi connectivity index (χ2v) is 11.7. The fourth-order valence-electron chi connectivity index (χ4n) is 4.00. The van der Waals surface area contributed by atoms with Gasteiger partial charge in [-0.05, 0) is 43.3 Å². The van der Waals surface area contributed by atoms with Gasteiger partial charge in [0, 0.05) is 36.6 Å². The van der Waals surface area contributed by atoms with Crippen molar-refractivity contribution < 1.29 is 13.2 Å². The molecule has 1 amide bonds. The summed E-state index contributed by atoms with van der Waals surface area (Å²) in [6.07, 6.45) is 0. The van der Waals surface area contributed by atoms with E-state index in [0.29, 0.717) is 9.90 Å². The summed E-state index contributed by atoms with van der Waals surface area (Å²) in [5.41, 5.74) is 1.78. The Morgan fingerprint density at radius 2 is 1.71 bits per heavy atom. The molecule has 1 aliphatic heterocycles. The summed E-state index contributed by atoms with van der Waals surface area (Å²) >= 11 is 13.5. The summed E-state index contributed by atoms with van der Waals surface area (Å²) in [5.74, 6) is -0.113. The van der Waals surface area contributed by atoms with Gasteiger partial charge in [0.05, 0.1) is 21.3 Å². The van der Waals surface area contributed by atoms with Crippen LogP contribution in [0.2, 0.25) is 10.0 Å². The number of thiophene rings is 1. The minimum atomic E-state index is -3.81. The van der Waals surface area contributed by atoms with Crippen LogP contribution in [0.25, 0.3) is 15.9 Å². The molecule has 0 bridgehead atoms. The molecule has 4 aromatic rings. The third-order valence-corrected chi connectivity index (χ3v) is 9.51. The number of hydrogen-bond acceptors (Lipinski definition) is 5. The van der Waals surface area contributed by atoms with E-state index in [0.717, 1.165) is 21.6 Å². The highest BCUT2D eigenvalue weighted by molar-refractivity contribution is 7.89. The second kappa shape index (κ2) is 8.98. The monoisotopic (exact) mass is 534 g/mol. The predicted octanol–water partition coefficient (Wildman–Crippen LogP) is 4.85. The number of carbonyl (C=O) groups excluding carboxylic acids is 1. The number of nitrogens with zero attached hydrogens (tertiary/aromatic N) is 4. The molecule has 0 spiro atoms. The Labute approximate surface area is 211 Å². The highest BCUT2D eigenvalue weighted by Crippen LogP contribution is 2.32. The van der Waals surface area contributed by atoms with Crippen LogP contribution in [0.5, 0.6) is 0 Å². The number of hydrogen-bond donors (Lipinski definition) is 0. The zero-order valence-electron chi connectivity index (χ0n) is 18.1. The van der Waals surface area contributed by atoms with E-state index in [1.165, 1.54) is 27.8 Å². The Morgan fingerprint density at radius 3 is 2.41 bits per heavy atom. The van der Waals surface area contributed by atoms with E-state index in [9.17, 15) is 13.2 Å². The third kappa shape index (κ3) is 4.12. The molecule has 2 aromatic carbocycles. The lowest BCUT2D eigenvalue weighted by Crippen LogP contribution is -2.50. The first kappa shape index (κ1) is 23.3. The highest BCUT2D eigenvalue weighted by Gasteiger charge is 2.32. The first-order valence-electron chi connectivity index (χ1n) is 10.5. The van der Waals surface area contributed by atoms with Gasteiger partial charge < -0.3 is 4.90 Å². The van der Waals surface area contributed by atoms with E-state index in [-0.39, 0.29) is 42.0 Å². The quantitative estimate of drug-likeness (QED) is 0.375. The number of halogens is 2. The highest BCUT2D eigenvalue weighted by atomic mass is 35.5. The lowest BCUT2D eigenvalue weighted by molar-refractivity contribution is 0.0703. The number of aryl methyl sites for hydroxylation is 1. The maximum atomic E-state index is 13.3. The number of amides is 1. The molecule has 1 aliphatic rings. The summed E-state index contributed by atoms with van der Waals surface area (Å²) in [6.45, 7) is 2.85. The fraction of sp³-hybridized carbons (Fsp3) is 0.217. The van der Waals surface area contributed by atoms with Gasteiger partial charge in [-0.2, -0.15) is 9.40 Å². The van der Waals surface area contributed by atoms with Crippen molar-refractivity contribution in [3.05, 3.63) is 75.2 Å². The summed E-state index contributed by atoms with van der Waals surface area (Å²) in [6, 6.07) is 16.0. The maximum absolute atomic E-state index is 13.3. The normalized spacial score (nSPS) is 15.2. The van der Waals surface area contributed by atoms with Gasteiger partial charge in [0.25, 0.3) is 5.91 Å². The Kier molecular flexibility index (Phi) is 6.16. The van der Waals surface area contributed by atoms with Gasteiger partial charge in [0.1, 0.15) is 9.73 Å². The minimum Gasteiger partial charge on any atom is -0.335 e. The molecule has 1 fully saturated rings. The van der Waals surface area contributed by atoms with Crippen molar-refractivity contribution in [1.82, 2.24) is 19.0 Å². The molecule has 7 nitrogen and oxygen atoms in total. The van der Waals surface area contributed by atoms with E-state index >= 15 is 0 Å². The smallest absolute Gasteiger partial charge is 0.264 e. The van der Waals surface area contributed by atoms with E-state index < -0.39 is 10.0 Å². The van der Waals surface area contributed by atoms with E-state index in [2.05, 4.69) is 5.10 Å². The SMILES string of the molecule is Cc1nn(-c2ccccc2)c2sc(C(=O)N3CCN(S(=O)(=O)c4cc(Cl)ccc4Cl)CC3)cc12. The fourth-order valence-corrected chi connectivity index (χ4v) is 7.31. The second-order valence-electron chi connectivity index (χ2n) is 7.93. The van der Waals surface area contributed by atoms with Crippen LogP contribution in [0, 0.1) is 6.92 Å². The standard InChI is InChI=1S/C23H20Cl2N4O3S2/c1-15-18-14-20(33-23(18)29(26-15)17-5-3-2-4-6-17)22(30)27-9-11-28(12-10-27)34(31,32)21-13-16(24)7-8-19(21)25/h2-8,13-14H,9-12H2,1H3. The number of para-hydroxylation sites is 1. The molecule has 0 aliphatic carbocycles. The average Bonchev–Trinajstić information content (AvgIpc) is 3.41. The molecule has 3 heterocycles. The zero-order valence-corrected chi connectivity index (χ0v) is 21.3. The summed E-state index contributed by atoms with van der Waals surface area (Å²) in [5, 5.41) is 5.98. The summed E-state index contributed by atoms with van der Waals surface area (Å²) in [4.78, 5) is 16.4. The molecule has 34 heavy (non-hydrogen) atoms. The van der Waals surface area contributed by atoms with Crippen LogP contribution in [-0.2, 0) is 10.0 Å². The van der Waals surface area contributed by atoms with E-state index in [4.69, 9.17) is 23.2 Å². The van der Waals surface area contributed by atoms with Crippen molar-refractivity contribution in [2.45, 2.75) is 11.8 Å². The number of aromatic nitrogens is 2. The lowest BCUT2D eigenvalue weighted by atomic mass is 10.2. The average molecular weight is 535 g/mol. The molecule has 0 saturated carbocycles. The van der Waals surface area contributed by atoms with Gasteiger partial charge in [-0.1, -0.05) is 41.4 Å². The molecule has 11 heteroatoms. The van der Waals surface area contributed by atoms with E-state index in [1.54, 1.807) is 11.0 Å². The number of carbonyl (C=O) groups is 1. The molecule has 5 rings (SSSR count). The van der Waals surface area contributed by atoms with Crippen LogP contribution >= 0.6 is 34.5 Å². The Hall–Kier alpha value is -2.43. The predicted molar refractivity (Wildman–Crippen MR) is 135 cm³/mol. The van der Waals surface area contributed by atoms with Crippen molar-refractivity contribution in [3.8, 4) is 5.69 Å². The number of fused-ring (bicyclic) bond motifs is 1. The van der Waals surface area contributed by atoms with Crippen molar-refractivity contribution in [3.63, 3.8) is 0 Å². The first-order valence-corrected chi connectivity index (χ1v) is 13.6. The van der Waals surface area contributed by atoms with Crippen LogP contribution in [0.1, 0.15) is 15.4 Å². The first-order chi connectivity index (χ1) is 16.3. The number of rotatable bonds is 4. The molecule has 0 unspecified atom stereocenters. The van der Waals surface area contributed by atoms with E-state index in [1.807, 2.05) is 48.0 Å². The Bertz CT molecular complexity index is 1490. The van der Waals surface area contributed by atoms with Crippen molar-refractivity contribution in [2.75, 3.05) is 26.2 Å². The zero-order chi connectivity index (χ0) is 24.0. The molecular formula is C23H20Cl2N4O3S2. The van der Waals surface area contributed by atoms with Crippen LogP contribution in [0.3, 0.4) is 0 Å². The van der Waals surface area contributed by atoms with Gasteiger partial charge in [0.15, 0.2) is 0 Å². The molecule has 0 radical (unpaired) electrons.